The van der Waals surface area contributed by atoms with Gasteiger partial charge in [-0.3, -0.25) is 29.6 Å². The molecule has 3 N–H and O–H groups in total. The SMILES string of the molecule is C#CCN(NC(=O)Cc1ccccc1)C(=O)N1CCC[C@H]1C(=O)N[C@@H](Cc1cccnc1)C(=O)N[C@H](CC(=O)OCc1ccccc1)Cc1ccccc1. The molecule has 12 heteroatoms. The Labute approximate surface area is 315 Å². The molecule has 0 unspecified atom stereocenters. The van der Waals surface area contributed by atoms with Crippen molar-refractivity contribution >= 4 is 29.7 Å². The van der Waals surface area contributed by atoms with E-state index in [1.165, 1.54) is 4.90 Å². The van der Waals surface area contributed by atoms with Gasteiger partial charge in [0.05, 0.1) is 12.8 Å². The normalized spacial score (nSPS) is 14.5. The molecule has 1 fully saturated rings. The van der Waals surface area contributed by atoms with Crippen molar-refractivity contribution < 1.29 is 28.7 Å². The molecular formula is C42H44N6O6. The Morgan fingerprint density at radius 1 is 0.833 bits per heavy atom. The molecule has 1 aliphatic rings. The zero-order chi connectivity index (χ0) is 38.1. The summed E-state index contributed by atoms with van der Waals surface area (Å²) in [5, 5.41) is 6.89. The molecule has 12 nitrogen and oxygen atoms in total. The lowest BCUT2D eigenvalue weighted by atomic mass is 10.0. The maximum Gasteiger partial charge on any atom is 0.340 e. The fraction of sp³-hybridized carbons (Fsp3) is 0.286. The van der Waals surface area contributed by atoms with E-state index < -0.39 is 47.8 Å². The van der Waals surface area contributed by atoms with Crippen LogP contribution >= 0.6 is 0 Å². The van der Waals surface area contributed by atoms with Crippen LogP contribution in [-0.4, -0.2) is 75.8 Å². The highest BCUT2D eigenvalue weighted by Gasteiger charge is 2.38. The monoisotopic (exact) mass is 728 g/mol. The van der Waals surface area contributed by atoms with Gasteiger partial charge in [-0.25, -0.2) is 9.80 Å². The summed E-state index contributed by atoms with van der Waals surface area (Å²) >= 11 is 0. The molecule has 1 saturated heterocycles. The summed E-state index contributed by atoms with van der Waals surface area (Å²) in [5.41, 5.74) is 5.78. The molecule has 278 valence electrons. The van der Waals surface area contributed by atoms with Crippen LogP contribution in [-0.2, 0) is 49.8 Å². The lowest BCUT2D eigenvalue weighted by molar-refractivity contribution is -0.145. The third kappa shape index (κ3) is 11.8. The summed E-state index contributed by atoms with van der Waals surface area (Å²) in [6.45, 7) is 0.126. The molecule has 0 saturated carbocycles. The first-order valence-corrected chi connectivity index (χ1v) is 17.9. The number of hydrogen-bond donors (Lipinski definition) is 3. The van der Waals surface area contributed by atoms with Gasteiger partial charge < -0.3 is 20.3 Å². The molecule has 3 atom stereocenters. The van der Waals surface area contributed by atoms with Crippen molar-refractivity contribution in [2.45, 2.75) is 63.3 Å². The third-order valence-corrected chi connectivity index (χ3v) is 8.87. The average molecular weight is 729 g/mol. The Bertz CT molecular complexity index is 1890. The second-order valence-corrected chi connectivity index (χ2v) is 13.0. The van der Waals surface area contributed by atoms with Gasteiger partial charge in [-0.1, -0.05) is 103 Å². The largest absolute Gasteiger partial charge is 0.461 e. The maximum atomic E-state index is 14.1. The summed E-state index contributed by atoms with van der Waals surface area (Å²) in [5.74, 6) is 0.422. The lowest BCUT2D eigenvalue weighted by Crippen LogP contribution is -2.58. The third-order valence-electron chi connectivity index (χ3n) is 8.87. The average Bonchev–Trinajstić information content (AvgIpc) is 3.68. The molecule has 5 rings (SSSR count). The topological polar surface area (TPSA) is 150 Å². The van der Waals surface area contributed by atoms with Gasteiger partial charge in [0.15, 0.2) is 0 Å². The number of ether oxygens (including phenoxy) is 1. The summed E-state index contributed by atoms with van der Waals surface area (Å²) in [4.78, 5) is 73.2. The van der Waals surface area contributed by atoms with Crippen LogP contribution in [0.15, 0.2) is 116 Å². The number of rotatable bonds is 15. The molecule has 4 aromatic rings. The van der Waals surface area contributed by atoms with E-state index in [4.69, 9.17) is 11.2 Å². The van der Waals surface area contributed by atoms with Gasteiger partial charge in [0.25, 0.3) is 0 Å². The zero-order valence-corrected chi connectivity index (χ0v) is 29.9. The number of aromatic nitrogens is 1. The number of esters is 1. The molecule has 54 heavy (non-hydrogen) atoms. The number of likely N-dealkylation sites (tertiary alicyclic amines) is 1. The summed E-state index contributed by atoms with van der Waals surface area (Å²) in [6, 6.07) is 28.1. The molecule has 0 bridgehead atoms. The minimum absolute atomic E-state index is 0.0280. The number of nitrogens with one attached hydrogen (secondary N) is 3. The number of hydrogen-bond acceptors (Lipinski definition) is 7. The van der Waals surface area contributed by atoms with Gasteiger partial charge in [0.1, 0.15) is 25.2 Å². The first kappa shape index (κ1) is 38.7. The highest BCUT2D eigenvalue weighted by Crippen LogP contribution is 2.20. The van der Waals surface area contributed by atoms with Crippen LogP contribution in [0.25, 0.3) is 0 Å². The van der Waals surface area contributed by atoms with Gasteiger partial charge in [0.2, 0.25) is 17.7 Å². The standard InChI is InChI=1S/C42H44N6O6/c1-2-23-48(46-38(49)27-32-16-8-4-9-17-32)42(53)47-24-13-21-37(47)41(52)45-36(26-34-20-12-22-43-29-34)40(51)44-35(25-31-14-6-3-7-15-31)28-39(50)54-30-33-18-10-5-11-19-33/h1,3-12,14-20,22,29,35-37H,13,21,23-28,30H2,(H,44,51)(H,45,52)(H,46,49)/t35-,36-,37-/m0/s1. The number of carbonyl (C=O) groups is 5. The van der Waals surface area contributed by atoms with Crippen molar-refractivity contribution in [2.24, 2.45) is 0 Å². The van der Waals surface area contributed by atoms with Crippen LogP contribution in [0.1, 0.15) is 41.5 Å². The lowest BCUT2D eigenvalue weighted by Gasteiger charge is -2.31. The van der Waals surface area contributed by atoms with Crippen LogP contribution in [0.2, 0.25) is 0 Å². The number of nitrogens with zero attached hydrogens (tertiary/aromatic N) is 3. The molecule has 3 aromatic carbocycles. The van der Waals surface area contributed by atoms with Crippen LogP contribution in [0.5, 0.6) is 0 Å². The second kappa shape index (κ2) is 19.9. The summed E-state index contributed by atoms with van der Waals surface area (Å²) in [6.07, 6.45) is 9.99. The highest BCUT2D eigenvalue weighted by atomic mass is 16.5. The first-order chi connectivity index (χ1) is 26.3. The van der Waals surface area contributed by atoms with E-state index >= 15 is 0 Å². The van der Waals surface area contributed by atoms with Crippen LogP contribution in [0.3, 0.4) is 0 Å². The van der Waals surface area contributed by atoms with Crippen molar-refractivity contribution in [1.29, 1.82) is 0 Å². The Morgan fingerprint density at radius 3 is 2.13 bits per heavy atom. The molecule has 0 aliphatic carbocycles. The Morgan fingerprint density at radius 2 is 1.48 bits per heavy atom. The molecule has 0 radical (unpaired) electrons. The number of amides is 5. The van der Waals surface area contributed by atoms with E-state index in [9.17, 15) is 24.0 Å². The van der Waals surface area contributed by atoms with Crippen LogP contribution < -0.4 is 16.1 Å². The van der Waals surface area contributed by atoms with Crippen molar-refractivity contribution in [3.8, 4) is 12.3 Å². The molecular weight excluding hydrogens is 684 g/mol. The van der Waals surface area contributed by atoms with Gasteiger partial charge in [-0.05, 0) is 47.6 Å². The Balaban J connectivity index is 1.29. The maximum absolute atomic E-state index is 14.1. The van der Waals surface area contributed by atoms with Gasteiger partial charge in [-0.2, -0.15) is 0 Å². The first-order valence-electron chi connectivity index (χ1n) is 17.9. The summed E-state index contributed by atoms with van der Waals surface area (Å²) < 4.78 is 5.54. The predicted molar refractivity (Wildman–Crippen MR) is 202 cm³/mol. The molecule has 0 spiro atoms. The quantitative estimate of drug-likeness (QED) is 0.0959. The van der Waals surface area contributed by atoms with Crippen LogP contribution in [0, 0.1) is 12.3 Å². The number of carbonyl (C=O) groups excluding carboxylic acids is 5. The van der Waals surface area contributed by atoms with E-state index in [1.807, 2.05) is 78.9 Å². The minimum atomic E-state index is -1.08. The highest BCUT2D eigenvalue weighted by molar-refractivity contribution is 5.93. The molecule has 2 heterocycles. The van der Waals surface area contributed by atoms with E-state index in [-0.39, 0.29) is 39.0 Å². The smallest absolute Gasteiger partial charge is 0.340 e. The molecule has 5 amide bonds. The molecule has 1 aliphatic heterocycles. The number of pyridine rings is 1. The fourth-order valence-corrected chi connectivity index (χ4v) is 6.25. The predicted octanol–water partition coefficient (Wildman–Crippen LogP) is 3.76. The number of benzene rings is 3. The van der Waals surface area contributed by atoms with E-state index in [1.54, 1.807) is 36.7 Å². The zero-order valence-electron chi connectivity index (χ0n) is 29.9. The fourth-order valence-electron chi connectivity index (χ4n) is 6.25. The number of terminal acetylenes is 1. The van der Waals surface area contributed by atoms with E-state index in [2.05, 4.69) is 27.0 Å². The number of hydrazine groups is 1. The molecule has 1 aromatic heterocycles. The van der Waals surface area contributed by atoms with Crippen molar-refractivity contribution in [2.75, 3.05) is 13.1 Å². The van der Waals surface area contributed by atoms with Gasteiger partial charge in [0, 0.05) is 31.4 Å². The van der Waals surface area contributed by atoms with Crippen molar-refractivity contribution in [1.82, 2.24) is 31.0 Å². The Kier molecular flexibility index (Phi) is 14.3. The summed E-state index contributed by atoms with van der Waals surface area (Å²) in [7, 11) is 0. The minimum Gasteiger partial charge on any atom is -0.461 e. The van der Waals surface area contributed by atoms with Gasteiger partial charge in [-0.15, -0.1) is 6.42 Å². The Hall–Kier alpha value is -6.48. The second-order valence-electron chi connectivity index (χ2n) is 13.0. The number of urea groups is 1. The van der Waals surface area contributed by atoms with Crippen molar-refractivity contribution in [3.63, 3.8) is 0 Å². The van der Waals surface area contributed by atoms with Gasteiger partial charge >= 0.3 is 12.0 Å². The van der Waals surface area contributed by atoms with E-state index in [0.717, 1.165) is 21.7 Å². The van der Waals surface area contributed by atoms with Crippen LogP contribution in [0.4, 0.5) is 4.79 Å². The van der Waals surface area contributed by atoms with Crippen molar-refractivity contribution in [3.05, 3.63) is 138 Å². The van der Waals surface area contributed by atoms with E-state index in [0.29, 0.717) is 24.8 Å².